The third-order valence-electron chi connectivity index (χ3n) is 5.08. The molecule has 0 atom stereocenters. The zero-order valence-electron chi connectivity index (χ0n) is 16.2. The van der Waals surface area contributed by atoms with Gasteiger partial charge in [-0.15, -0.1) is 34.4 Å². The number of ether oxygens (including phenoxy) is 1. The van der Waals surface area contributed by atoms with Crippen molar-refractivity contribution < 1.29 is 4.74 Å². The summed E-state index contributed by atoms with van der Waals surface area (Å²) in [6.07, 6.45) is 6.24. The second-order valence-electron chi connectivity index (χ2n) is 7.05. The van der Waals surface area contributed by atoms with Gasteiger partial charge in [0.25, 0.3) is 0 Å². The van der Waals surface area contributed by atoms with Crippen LogP contribution in [-0.2, 0) is 11.8 Å². The number of nitrogen functional groups attached to an aromatic ring is 1. The van der Waals surface area contributed by atoms with Crippen molar-refractivity contribution >= 4 is 50.3 Å². The number of aromatic nitrogens is 4. The number of rotatable bonds is 7. The van der Waals surface area contributed by atoms with E-state index in [0.29, 0.717) is 12.5 Å². The van der Waals surface area contributed by atoms with Gasteiger partial charge in [-0.05, 0) is 18.9 Å². The molecule has 0 saturated heterocycles. The molecule has 5 rings (SSSR count). The molecule has 2 N–H and O–H groups in total. The normalized spacial score (nSPS) is 14.1. The molecule has 1 saturated carbocycles. The lowest BCUT2D eigenvalue weighted by Crippen LogP contribution is -1.99. The first-order valence-corrected chi connectivity index (χ1v) is 12.1. The largest absolute Gasteiger partial charge is 0.397 e. The van der Waals surface area contributed by atoms with E-state index in [2.05, 4.69) is 22.7 Å². The highest BCUT2D eigenvalue weighted by Gasteiger charge is 2.29. The molecular formula is C20H21N5OS3. The number of thiophene rings is 1. The Morgan fingerprint density at radius 3 is 2.93 bits per heavy atom. The van der Waals surface area contributed by atoms with Crippen LogP contribution < -0.4 is 5.73 Å². The van der Waals surface area contributed by atoms with Gasteiger partial charge in [-0.1, -0.05) is 0 Å². The maximum absolute atomic E-state index is 6.62. The van der Waals surface area contributed by atoms with Gasteiger partial charge in [0.2, 0.25) is 0 Å². The average Bonchev–Trinajstić information content (AvgIpc) is 3.13. The van der Waals surface area contributed by atoms with Crippen LogP contribution in [0.15, 0.2) is 28.0 Å². The topological polar surface area (TPSA) is 78.9 Å². The number of nitrogens with two attached hydrogens (primary N) is 1. The highest BCUT2D eigenvalue weighted by atomic mass is 32.2. The van der Waals surface area contributed by atoms with Crippen molar-refractivity contribution in [2.24, 2.45) is 7.05 Å². The van der Waals surface area contributed by atoms with Crippen LogP contribution in [-0.4, -0.2) is 39.0 Å². The number of thioether (sulfide) groups is 1. The molecule has 6 nitrogen and oxygen atoms in total. The fourth-order valence-corrected chi connectivity index (χ4v) is 6.35. The molecule has 0 aliphatic heterocycles. The zero-order valence-corrected chi connectivity index (χ0v) is 18.7. The number of anilines is 1. The molecule has 1 aliphatic rings. The van der Waals surface area contributed by atoms with Crippen molar-refractivity contribution in [2.45, 2.75) is 23.0 Å². The monoisotopic (exact) mass is 443 g/mol. The molecule has 0 amide bonds. The molecule has 0 aromatic carbocycles. The second kappa shape index (κ2) is 7.71. The Bertz CT molecular complexity index is 1160. The van der Waals surface area contributed by atoms with Gasteiger partial charge >= 0.3 is 0 Å². The van der Waals surface area contributed by atoms with Crippen molar-refractivity contribution in [3.8, 4) is 22.0 Å². The molecule has 0 bridgehead atoms. The van der Waals surface area contributed by atoms with Crippen molar-refractivity contribution in [2.75, 3.05) is 25.2 Å². The maximum Gasteiger partial charge on any atom is 0.141 e. The van der Waals surface area contributed by atoms with Crippen LogP contribution in [0.2, 0.25) is 0 Å². The highest BCUT2D eigenvalue weighted by molar-refractivity contribution is 8.01. The number of fused-ring (bicyclic) bond motifs is 1. The lowest BCUT2D eigenvalue weighted by Gasteiger charge is -2.09. The second-order valence-corrected chi connectivity index (χ2v) is 10.3. The standard InChI is InChI=1S/C20H21N5OS3/c1-25-14(10-23-17(25)11-3-4-11)12-9-13(18-22-5-7-27-18)24-19-15(12)16(21)20(29-19)28-8-6-26-2/h5,7,9-11H,3-4,6,8,21H2,1-2H3. The smallest absolute Gasteiger partial charge is 0.141 e. The summed E-state index contributed by atoms with van der Waals surface area (Å²) < 4.78 is 8.50. The van der Waals surface area contributed by atoms with Crippen molar-refractivity contribution in [3.05, 3.63) is 29.7 Å². The molecule has 0 radical (unpaired) electrons. The molecule has 150 valence electrons. The van der Waals surface area contributed by atoms with Gasteiger partial charge in [0, 0.05) is 48.4 Å². The third kappa shape index (κ3) is 3.46. The molecule has 0 spiro atoms. The Kier molecular flexibility index (Phi) is 5.07. The van der Waals surface area contributed by atoms with E-state index in [1.54, 1.807) is 41.5 Å². The quantitative estimate of drug-likeness (QED) is 0.319. The van der Waals surface area contributed by atoms with E-state index in [-0.39, 0.29) is 0 Å². The summed E-state index contributed by atoms with van der Waals surface area (Å²) in [5, 5.41) is 3.91. The van der Waals surface area contributed by atoms with E-state index in [0.717, 1.165) is 53.6 Å². The molecule has 29 heavy (non-hydrogen) atoms. The zero-order chi connectivity index (χ0) is 20.0. The van der Waals surface area contributed by atoms with E-state index in [9.17, 15) is 0 Å². The summed E-state index contributed by atoms with van der Waals surface area (Å²) in [7, 11) is 3.82. The molecule has 4 aromatic heterocycles. The van der Waals surface area contributed by atoms with Gasteiger partial charge in [0.15, 0.2) is 0 Å². The van der Waals surface area contributed by atoms with Crippen LogP contribution in [0.5, 0.6) is 0 Å². The number of methoxy groups -OCH3 is 1. The van der Waals surface area contributed by atoms with Crippen molar-refractivity contribution in [1.29, 1.82) is 0 Å². The molecular weight excluding hydrogens is 422 g/mol. The summed E-state index contributed by atoms with van der Waals surface area (Å²) in [4.78, 5) is 15.0. The van der Waals surface area contributed by atoms with Crippen molar-refractivity contribution in [1.82, 2.24) is 19.5 Å². The summed E-state index contributed by atoms with van der Waals surface area (Å²) >= 11 is 4.96. The molecule has 1 fully saturated rings. The van der Waals surface area contributed by atoms with Gasteiger partial charge < -0.3 is 15.0 Å². The van der Waals surface area contributed by atoms with Crippen LogP contribution in [0.4, 0.5) is 5.69 Å². The Hall–Kier alpha value is -1.94. The van der Waals surface area contributed by atoms with Crippen molar-refractivity contribution in [3.63, 3.8) is 0 Å². The Balaban J connectivity index is 1.69. The highest BCUT2D eigenvalue weighted by Crippen LogP contribution is 2.46. The minimum Gasteiger partial charge on any atom is -0.397 e. The average molecular weight is 444 g/mol. The van der Waals surface area contributed by atoms with Gasteiger partial charge in [-0.25, -0.2) is 15.0 Å². The van der Waals surface area contributed by atoms with Crippen LogP contribution in [0.25, 0.3) is 32.2 Å². The van der Waals surface area contributed by atoms with Gasteiger partial charge in [-0.3, -0.25) is 0 Å². The number of hydrogen-bond donors (Lipinski definition) is 1. The van der Waals surface area contributed by atoms with E-state index in [1.807, 2.05) is 17.8 Å². The predicted octanol–water partition coefficient (Wildman–Crippen LogP) is 5.02. The number of hydrogen-bond acceptors (Lipinski definition) is 8. The third-order valence-corrected chi connectivity index (χ3v) is 8.23. The first-order chi connectivity index (χ1) is 14.2. The number of pyridine rings is 1. The van der Waals surface area contributed by atoms with Crippen LogP contribution in [0, 0.1) is 0 Å². The lowest BCUT2D eigenvalue weighted by molar-refractivity contribution is 0.218. The number of imidazole rings is 1. The Labute approximate surface area is 181 Å². The summed E-state index contributed by atoms with van der Waals surface area (Å²) in [5.74, 6) is 2.61. The SMILES string of the molecule is COCCSc1sc2nc(-c3nccs3)cc(-c3cnc(C4CC4)n3C)c2c1N. The number of thiazole rings is 1. The molecule has 9 heteroatoms. The maximum atomic E-state index is 6.62. The molecule has 4 aromatic rings. The lowest BCUT2D eigenvalue weighted by atomic mass is 10.1. The van der Waals surface area contributed by atoms with E-state index in [4.69, 9.17) is 20.4 Å². The van der Waals surface area contributed by atoms with E-state index < -0.39 is 0 Å². The molecule has 1 aliphatic carbocycles. The minimum atomic E-state index is 0.587. The van der Waals surface area contributed by atoms with Gasteiger partial charge in [-0.2, -0.15) is 0 Å². The van der Waals surface area contributed by atoms with Crippen LogP contribution >= 0.6 is 34.4 Å². The van der Waals surface area contributed by atoms with E-state index in [1.165, 1.54) is 12.8 Å². The van der Waals surface area contributed by atoms with Gasteiger partial charge in [0.05, 0.1) is 28.4 Å². The summed E-state index contributed by atoms with van der Waals surface area (Å²) in [6, 6.07) is 2.11. The first-order valence-electron chi connectivity index (χ1n) is 9.44. The Morgan fingerprint density at radius 1 is 1.34 bits per heavy atom. The van der Waals surface area contributed by atoms with E-state index >= 15 is 0 Å². The van der Waals surface area contributed by atoms with Crippen LogP contribution in [0.3, 0.4) is 0 Å². The number of nitrogens with zero attached hydrogens (tertiary/aromatic N) is 4. The molecule has 4 heterocycles. The molecule has 0 unspecified atom stereocenters. The Morgan fingerprint density at radius 2 is 2.21 bits per heavy atom. The fourth-order valence-electron chi connectivity index (χ4n) is 3.48. The predicted molar refractivity (Wildman–Crippen MR) is 122 cm³/mol. The fraction of sp³-hybridized carbons (Fsp3) is 0.350. The van der Waals surface area contributed by atoms with Crippen LogP contribution in [0.1, 0.15) is 24.6 Å². The first kappa shape index (κ1) is 19.0. The summed E-state index contributed by atoms with van der Waals surface area (Å²) in [5.41, 5.74) is 10.5. The minimum absolute atomic E-state index is 0.587. The summed E-state index contributed by atoms with van der Waals surface area (Å²) in [6.45, 7) is 0.690. The van der Waals surface area contributed by atoms with Gasteiger partial charge in [0.1, 0.15) is 21.4 Å².